The number of hydrogen-bond donors (Lipinski definition) is 1. The molecule has 0 spiro atoms. The second-order valence-electron chi connectivity index (χ2n) is 6.13. The largest absolute Gasteiger partial charge is 0.390 e. The first kappa shape index (κ1) is 13.8. The van der Waals surface area contributed by atoms with Gasteiger partial charge in [-0.05, 0) is 58.3 Å². The molecule has 1 unspecified atom stereocenters. The number of hydrogen-bond acceptors (Lipinski definition) is 1. The van der Waals surface area contributed by atoms with Crippen molar-refractivity contribution in [2.75, 3.05) is 0 Å². The van der Waals surface area contributed by atoms with Gasteiger partial charge in [0.1, 0.15) is 0 Å². The van der Waals surface area contributed by atoms with Crippen LogP contribution in [0.4, 0.5) is 0 Å². The molecule has 0 bridgehead atoms. The molecule has 0 radical (unpaired) electrons. The van der Waals surface area contributed by atoms with Crippen LogP contribution in [0.25, 0.3) is 0 Å². The topological polar surface area (TPSA) is 20.2 Å². The lowest BCUT2D eigenvalue weighted by atomic mass is 9.73. The predicted octanol–water partition coefficient (Wildman–Crippen LogP) is 4.31. The Kier molecular flexibility index (Phi) is 5.04. The Morgan fingerprint density at radius 2 is 1.81 bits per heavy atom. The maximum absolute atomic E-state index is 10.5. The molecule has 16 heavy (non-hydrogen) atoms. The number of allylic oxidation sites excluding steroid dienone is 2. The lowest BCUT2D eigenvalue weighted by Crippen LogP contribution is -2.36. The molecule has 1 aliphatic carbocycles. The Labute approximate surface area is 101 Å². The molecule has 1 fully saturated rings. The van der Waals surface area contributed by atoms with E-state index in [-0.39, 0.29) is 0 Å². The molecule has 0 heterocycles. The molecule has 0 aromatic carbocycles. The molecule has 1 saturated carbocycles. The van der Waals surface area contributed by atoms with Gasteiger partial charge in [0.2, 0.25) is 0 Å². The Morgan fingerprint density at radius 1 is 1.25 bits per heavy atom. The van der Waals surface area contributed by atoms with Gasteiger partial charge < -0.3 is 5.11 Å². The summed E-state index contributed by atoms with van der Waals surface area (Å²) >= 11 is 0. The highest BCUT2D eigenvalue weighted by molar-refractivity contribution is 4.95. The fourth-order valence-electron chi connectivity index (χ4n) is 2.74. The van der Waals surface area contributed by atoms with Crippen molar-refractivity contribution in [3.63, 3.8) is 0 Å². The van der Waals surface area contributed by atoms with Crippen LogP contribution in [-0.2, 0) is 0 Å². The summed E-state index contributed by atoms with van der Waals surface area (Å²) in [6, 6.07) is 0. The van der Waals surface area contributed by atoms with Crippen molar-refractivity contribution in [3.8, 4) is 0 Å². The Hall–Kier alpha value is -0.300. The third-order valence-corrected chi connectivity index (χ3v) is 4.10. The van der Waals surface area contributed by atoms with Gasteiger partial charge in [0.15, 0.2) is 0 Å². The second-order valence-corrected chi connectivity index (χ2v) is 6.13. The number of aliphatic hydroxyl groups is 1. The lowest BCUT2D eigenvalue weighted by Gasteiger charge is -2.37. The van der Waals surface area contributed by atoms with E-state index >= 15 is 0 Å². The first-order valence-corrected chi connectivity index (χ1v) is 6.77. The van der Waals surface area contributed by atoms with Crippen LogP contribution in [0.1, 0.15) is 66.2 Å². The maximum Gasteiger partial charge on any atom is 0.0650 e. The Bertz CT molecular complexity index is 228. The van der Waals surface area contributed by atoms with Gasteiger partial charge in [-0.2, -0.15) is 0 Å². The van der Waals surface area contributed by atoms with Gasteiger partial charge in [0.25, 0.3) is 0 Å². The summed E-state index contributed by atoms with van der Waals surface area (Å²) in [5.74, 6) is 1.39. The average molecular weight is 224 g/mol. The van der Waals surface area contributed by atoms with Gasteiger partial charge in [0, 0.05) is 0 Å². The van der Waals surface area contributed by atoms with Crippen molar-refractivity contribution in [2.24, 2.45) is 11.8 Å². The highest BCUT2D eigenvalue weighted by atomic mass is 16.3. The van der Waals surface area contributed by atoms with E-state index in [2.05, 4.69) is 26.8 Å². The van der Waals surface area contributed by atoms with Crippen molar-refractivity contribution in [1.82, 2.24) is 0 Å². The molecule has 0 aromatic heterocycles. The molecule has 1 nitrogen and oxygen atoms in total. The van der Waals surface area contributed by atoms with Gasteiger partial charge >= 0.3 is 0 Å². The molecular formula is C15H28O. The van der Waals surface area contributed by atoms with E-state index in [0.717, 1.165) is 18.8 Å². The van der Waals surface area contributed by atoms with Crippen molar-refractivity contribution in [2.45, 2.75) is 71.8 Å². The molecule has 1 N–H and O–H groups in total. The van der Waals surface area contributed by atoms with Gasteiger partial charge in [-0.25, -0.2) is 0 Å². The van der Waals surface area contributed by atoms with E-state index in [9.17, 15) is 5.11 Å². The monoisotopic (exact) mass is 224 g/mol. The van der Waals surface area contributed by atoms with Crippen LogP contribution in [0.3, 0.4) is 0 Å². The van der Waals surface area contributed by atoms with E-state index in [0.29, 0.717) is 5.92 Å². The van der Waals surface area contributed by atoms with E-state index in [1.807, 2.05) is 6.92 Å². The van der Waals surface area contributed by atoms with Crippen LogP contribution in [0.15, 0.2) is 11.6 Å². The fourth-order valence-corrected chi connectivity index (χ4v) is 2.74. The van der Waals surface area contributed by atoms with Gasteiger partial charge in [-0.3, -0.25) is 0 Å². The minimum absolute atomic E-state index is 0.452. The first-order valence-electron chi connectivity index (χ1n) is 6.77. The van der Waals surface area contributed by atoms with E-state index in [4.69, 9.17) is 0 Å². The third-order valence-electron chi connectivity index (χ3n) is 4.10. The normalized spacial score (nSPS) is 29.6. The molecule has 0 saturated heterocycles. The highest BCUT2D eigenvalue weighted by Gasteiger charge is 2.33. The van der Waals surface area contributed by atoms with Crippen LogP contribution < -0.4 is 0 Å². The van der Waals surface area contributed by atoms with Crippen molar-refractivity contribution < 1.29 is 5.11 Å². The summed E-state index contributed by atoms with van der Waals surface area (Å²) in [4.78, 5) is 0. The van der Waals surface area contributed by atoms with Gasteiger partial charge in [-0.15, -0.1) is 0 Å². The first-order chi connectivity index (χ1) is 7.42. The summed E-state index contributed by atoms with van der Waals surface area (Å²) in [7, 11) is 0. The highest BCUT2D eigenvalue weighted by Crippen LogP contribution is 2.37. The smallest absolute Gasteiger partial charge is 0.0650 e. The summed E-state index contributed by atoms with van der Waals surface area (Å²) in [5, 5.41) is 10.5. The van der Waals surface area contributed by atoms with Crippen LogP contribution >= 0.6 is 0 Å². The zero-order chi connectivity index (χ0) is 12.2. The van der Waals surface area contributed by atoms with Crippen LogP contribution in [0.2, 0.25) is 0 Å². The summed E-state index contributed by atoms with van der Waals surface area (Å²) in [6.45, 7) is 8.61. The number of rotatable bonds is 4. The molecule has 1 heteroatoms. The quantitative estimate of drug-likeness (QED) is 0.705. The SMILES string of the molecule is CC(C)=CCCC(C)(O)C1CCC(C)CC1. The molecule has 0 aliphatic heterocycles. The zero-order valence-electron chi connectivity index (χ0n) is 11.4. The fraction of sp³-hybridized carbons (Fsp3) is 0.867. The maximum atomic E-state index is 10.5. The predicted molar refractivity (Wildman–Crippen MR) is 70.4 cm³/mol. The molecule has 0 aromatic rings. The minimum Gasteiger partial charge on any atom is -0.390 e. The summed E-state index contributed by atoms with van der Waals surface area (Å²) in [5.41, 5.74) is 0.902. The van der Waals surface area contributed by atoms with Gasteiger partial charge in [-0.1, -0.05) is 31.4 Å². The second kappa shape index (κ2) is 5.86. The Morgan fingerprint density at radius 3 is 2.31 bits per heavy atom. The molecule has 0 amide bonds. The third kappa shape index (κ3) is 4.29. The molecule has 1 aliphatic rings. The average Bonchev–Trinajstić information content (AvgIpc) is 2.17. The van der Waals surface area contributed by atoms with Crippen molar-refractivity contribution in [3.05, 3.63) is 11.6 Å². The summed E-state index contributed by atoms with van der Waals surface area (Å²) in [6.07, 6.45) is 9.18. The van der Waals surface area contributed by atoms with E-state index in [1.54, 1.807) is 0 Å². The standard InChI is InChI=1S/C15H28O/c1-12(2)6-5-11-15(4,16)14-9-7-13(3)8-10-14/h6,13-14,16H,5,7-11H2,1-4H3. The summed E-state index contributed by atoms with van der Waals surface area (Å²) < 4.78 is 0. The molecule has 1 atom stereocenters. The lowest BCUT2D eigenvalue weighted by molar-refractivity contribution is -0.0274. The van der Waals surface area contributed by atoms with Crippen molar-refractivity contribution in [1.29, 1.82) is 0 Å². The van der Waals surface area contributed by atoms with Crippen molar-refractivity contribution >= 4 is 0 Å². The van der Waals surface area contributed by atoms with E-state index < -0.39 is 5.60 Å². The van der Waals surface area contributed by atoms with E-state index in [1.165, 1.54) is 31.3 Å². The van der Waals surface area contributed by atoms with Crippen LogP contribution in [-0.4, -0.2) is 10.7 Å². The zero-order valence-corrected chi connectivity index (χ0v) is 11.4. The van der Waals surface area contributed by atoms with Crippen LogP contribution in [0.5, 0.6) is 0 Å². The minimum atomic E-state index is -0.452. The van der Waals surface area contributed by atoms with Crippen LogP contribution in [0, 0.1) is 11.8 Å². The molecular weight excluding hydrogens is 196 g/mol. The van der Waals surface area contributed by atoms with Gasteiger partial charge in [0.05, 0.1) is 5.60 Å². The molecule has 94 valence electrons. The Balaban J connectivity index is 2.40. The molecule has 1 rings (SSSR count).